The highest BCUT2D eigenvalue weighted by atomic mass is 19.1. The van der Waals surface area contributed by atoms with Gasteiger partial charge in [0.15, 0.2) is 11.5 Å². The summed E-state index contributed by atoms with van der Waals surface area (Å²) in [6, 6.07) is 15.6. The quantitative estimate of drug-likeness (QED) is 0.278. The Kier molecular flexibility index (Phi) is 9.87. The average molecular weight is 592 g/mol. The summed E-state index contributed by atoms with van der Waals surface area (Å²) < 4.78 is 33.2. The third kappa shape index (κ3) is 8.84. The summed E-state index contributed by atoms with van der Waals surface area (Å²) in [5.41, 5.74) is 2.73. The predicted octanol–water partition coefficient (Wildman–Crippen LogP) is 6.72. The van der Waals surface area contributed by atoms with Crippen molar-refractivity contribution in [1.29, 1.82) is 0 Å². The first kappa shape index (κ1) is 32.1. The molecule has 1 aromatic heterocycles. The fourth-order valence-corrected chi connectivity index (χ4v) is 5.14. The lowest BCUT2D eigenvalue weighted by Crippen LogP contribution is -2.45. The lowest BCUT2D eigenvalue weighted by Gasteiger charge is -2.39. The smallest absolute Gasteiger partial charge is 0.308 e. The van der Waals surface area contributed by atoms with Gasteiger partial charge in [0.2, 0.25) is 0 Å². The molecule has 43 heavy (non-hydrogen) atoms. The molecule has 4 rings (SSSR count). The largest absolute Gasteiger partial charge is 0.460 e. The van der Waals surface area contributed by atoms with Crippen molar-refractivity contribution in [3.05, 3.63) is 89.0 Å². The Morgan fingerprint density at radius 3 is 2.42 bits per heavy atom. The van der Waals surface area contributed by atoms with Crippen molar-refractivity contribution in [3.63, 3.8) is 0 Å². The van der Waals surface area contributed by atoms with E-state index in [4.69, 9.17) is 19.3 Å². The third-order valence-electron chi connectivity index (χ3n) is 6.78. The van der Waals surface area contributed by atoms with Crippen LogP contribution in [0.3, 0.4) is 0 Å². The van der Waals surface area contributed by atoms with Gasteiger partial charge in [-0.3, -0.25) is 9.59 Å². The number of hydrogen-bond acceptors (Lipinski definition) is 6. The number of rotatable bonds is 9. The van der Waals surface area contributed by atoms with Crippen molar-refractivity contribution in [3.8, 4) is 5.69 Å². The molecule has 2 heterocycles. The second-order valence-corrected chi connectivity index (χ2v) is 12.5. The van der Waals surface area contributed by atoms with Crippen LogP contribution in [0.15, 0.2) is 60.7 Å². The Bertz CT molecular complexity index is 1440. The second kappa shape index (κ2) is 13.2. The van der Waals surface area contributed by atoms with Gasteiger partial charge in [0.25, 0.3) is 5.91 Å². The number of benzene rings is 2. The minimum atomic E-state index is -0.930. The molecule has 2 aromatic carbocycles. The number of nitrogens with one attached hydrogen (secondary N) is 1. The number of carbonyl (C=O) groups is 2. The Labute approximate surface area is 253 Å². The molecule has 1 fully saturated rings. The van der Waals surface area contributed by atoms with Gasteiger partial charge in [-0.15, -0.1) is 0 Å². The zero-order chi connectivity index (χ0) is 31.4. The zero-order valence-corrected chi connectivity index (χ0v) is 26.0. The first-order chi connectivity index (χ1) is 20.2. The van der Waals surface area contributed by atoms with Gasteiger partial charge in [-0.25, -0.2) is 9.07 Å². The van der Waals surface area contributed by atoms with E-state index in [1.165, 1.54) is 12.1 Å². The number of nitrogens with zero attached hydrogens (tertiary/aromatic N) is 2. The maximum Gasteiger partial charge on any atom is 0.308 e. The molecule has 1 amide bonds. The molecule has 0 bridgehead atoms. The fourth-order valence-electron chi connectivity index (χ4n) is 5.14. The first-order valence-corrected chi connectivity index (χ1v) is 14.7. The van der Waals surface area contributed by atoms with E-state index in [0.29, 0.717) is 30.0 Å². The molecular formula is C34H42FN3O5. The fraction of sp³-hybridized carbons (Fsp3) is 0.441. The van der Waals surface area contributed by atoms with Crippen molar-refractivity contribution in [2.45, 2.75) is 97.4 Å². The molecule has 9 heteroatoms. The molecule has 1 N–H and O–H groups in total. The number of carbonyl (C=O) groups excluding carboxylic acids is 2. The standard InChI is InChI=1S/C34H42FN3O5/c1-22(2)30-28(18-17-26-19-27(42-34(6,7)41-26)20-29(39)43-33(3,4)5)38(25-15-13-24(35)14-16-25)37-31(30)32(40)36-21-23-11-9-8-10-12-23/h8-18,22,26-27H,19-21H2,1-7H3,(H,36,40)/t26?,27-/m1/s1. The van der Waals surface area contributed by atoms with Crippen LogP contribution in [0.25, 0.3) is 11.8 Å². The van der Waals surface area contributed by atoms with Crippen molar-refractivity contribution in [2.24, 2.45) is 0 Å². The van der Waals surface area contributed by atoms with Gasteiger partial charge in [-0.05, 0) is 76.4 Å². The first-order valence-electron chi connectivity index (χ1n) is 14.7. The van der Waals surface area contributed by atoms with Crippen LogP contribution >= 0.6 is 0 Å². The summed E-state index contributed by atoms with van der Waals surface area (Å²) in [4.78, 5) is 26.0. The summed E-state index contributed by atoms with van der Waals surface area (Å²) >= 11 is 0. The van der Waals surface area contributed by atoms with Gasteiger partial charge in [-0.1, -0.05) is 50.3 Å². The topological polar surface area (TPSA) is 91.7 Å². The Morgan fingerprint density at radius 1 is 1.12 bits per heavy atom. The van der Waals surface area contributed by atoms with Crippen molar-refractivity contribution >= 4 is 18.0 Å². The molecule has 0 radical (unpaired) electrons. The SMILES string of the molecule is CC(C)c1c(C(=O)NCc2ccccc2)nn(-c2ccc(F)cc2)c1C=CC1C[C@H](CC(=O)OC(C)(C)C)OC(C)(C)O1. The zero-order valence-electron chi connectivity index (χ0n) is 26.0. The minimum Gasteiger partial charge on any atom is -0.460 e. The molecule has 230 valence electrons. The predicted molar refractivity (Wildman–Crippen MR) is 163 cm³/mol. The number of ether oxygens (including phenoxy) is 3. The van der Waals surface area contributed by atoms with Gasteiger partial charge in [0.05, 0.1) is 30.0 Å². The summed E-state index contributed by atoms with van der Waals surface area (Å²) in [6.45, 7) is 13.5. The van der Waals surface area contributed by atoms with Crippen LogP contribution < -0.4 is 5.32 Å². The minimum absolute atomic E-state index is 0.0571. The highest BCUT2D eigenvalue weighted by Gasteiger charge is 2.36. The molecule has 1 saturated heterocycles. The van der Waals surface area contributed by atoms with Crippen LogP contribution in [0, 0.1) is 5.82 Å². The van der Waals surface area contributed by atoms with Crippen LogP contribution in [0.1, 0.15) is 94.5 Å². The van der Waals surface area contributed by atoms with E-state index in [0.717, 1.165) is 11.1 Å². The van der Waals surface area contributed by atoms with Gasteiger partial charge < -0.3 is 19.5 Å². The lowest BCUT2D eigenvalue weighted by atomic mass is 9.98. The molecular weight excluding hydrogens is 549 g/mol. The van der Waals surface area contributed by atoms with E-state index in [9.17, 15) is 14.0 Å². The third-order valence-corrected chi connectivity index (χ3v) is 6.78. The highest BCUT2D eigenvalue weighted by molar-refractivity contribution is 5.95. The van der Waals surface area contributed by atoms with E-state index in [1.54, 1.807) is 16.8 Å². The second-order valence-electron chi connectivity index (χ2n) is 12.5. The van der Waals surface area contributed by atoms with Gasteiger partial charge in [0.1, 0.15) is 11.4 Å². The number of amides is 1. The number of hydrogen-bond donors (Lipinski definition) is 1. The van der Waals surface area contributed by atoms with Gasteiger partial charge >= 0.3 is 5.97 Å². The van der Waals surface area contributed by atoms with Crippen LogP contribution in [-0.2, 0) is 25.5 Å². The van der Waals surface area contributed by atoms with Gasteiger partial charge in [-0.2, -0.15) is 5.10 Å². The van der Waals surface area contributed by atoms with Crippen molar-refractivity contribution in [2.75, 3.05) is 0 Å². The highest BCUT2D eigenvalue weighted by Crippen LogP contribution is 2.32. The summed E-state index contributed by atoms with van der Waals surface area (Å²) in [5.74, 6) is -1.99. The molecule has 1 aliphatic rings. The monoisotopic (exact) mass is 591 g/mol. The molecule has 0 saturated carbocycles. The Morgan fingerprint density at radius 2 is 1.79 bits per heavy atom. The maximum absolute atomic E-state index is 13.8. The molecule has 1 unspecified atom stereocenters. The van der Waals surface area contributed by atoms with Crippen molar-refractivity contribution in [1.82, 2.24) is 15.1 Å². The van der Waals surface area contributed by atoms with E-state index < -0.39 is 17.5 Å². The van der Waals surface area contributed by atoms with Crippen molar-refractivity contribution < 1.29 is 28.2 Å². The summed E-state index contributed by atoms with van der Waals surface area (Å²) in [6.07, 6.45) is 3.54. The summed E-state index contributed by atoms with van der Waals surface area (Å²) in [7, 11) is 0. The van der Waals surface area contributed by atoms with E-state index in [2.05, 4.69) is 5.32 Å². The van der Waals surface area contributed by atoms with Crippen LogP contribution in [-0.4, -0.2) is 45.3 Å². The van der Waals surface area contributed by atoms with E-state index >= 15 is 0 Å². The number of halogens is 1. The average Bonchev–Trinajstić information content (AvgIpc) is 3.29. The van der Waals surface area contributed by atoms with Crippen LogP contribution in [0.4, 0.5) is 4.39 Å². The molecule has 8 nitrogen and oxygen atoms in total. The molecule has 0 aliphatic carbocycles. The molecule has 0 spiro atoms. The Hall–Kier alpha value is -3.82. The van der Waals surface area contributed by atoms with Crippen LogP contribution in [0.2, 0.25) is 0 Å². The lowest BCUT2D eigenvalue weighted by molar-refractivity contribution is -0.290. The summed E-state index contributed by atoms with van der Waals surface area (Å²) in [5, 5.41) is 7.71. The van der Waals surface area contributed by atoms with E-state index in [1.807, 2.05) is 91.0 Å². The van der Waals surface area contributed by atoms with Gasteiger partial charge in [0, 0.05) is 18.5 Å². The van der Waals surface area contributed by atoms with E-state index in [-0.39, 0.29) is 36.1 Å². The molecule has 3 aromatic rings. The Balaban J connectivity index is 1.66. The normalized spacial score (nSPS) is 18.6. The maximum atomic E-state index is 13.8. The molecule has 1 aliphatic heterocycles. The molecule has 2 atom stereocenters. The number of esters is 1. The van der Waals surface area contributed by atoms with Crippen LogP contribution in [0.5, 0.6) is 0 Å². The number of aromatic nitrogens is 2.